The van der Waals surface area contributed by atoms with Gasteiger partial charge in [0.1, 0.15) is 0 Å². The molecule has 0 saturated carbocycles. The van der Waals surface area contributed by atoms with Gasteiger partial charge in [-0.2, -0.15) is 0 Å². The largest absolute Gasteiger partial charge is 0.466 e. The summed E-state index contributed by atoms with van der Waals surface area (Å²) in [5.41, 5.74) is 1.36. The lowest BCUT2D eigenvalue weighted by molar-refractivity contribution is -0.134. The summed E-state index contributed by atoms with van der Waals surface area (Å²) in [6.07, 6.45) is 4.98. The van der Waals surface area contributed by atoms with Crippen LogP contribution in [0.4, 0.5) is 5.69 Å². The fourth-order valence-corrected chi connectivity index (χ4v) is 2.33. The third-order valence-electron chi connectivity index (χ3n) is 3.57. The van der Waals surface area contributed by atoms with Crippen LogP contribution < -0.4 is 10.2 Å². The third-order valence-corrected chi connectivity index (χ3v) is 3.57. The maximum absolute atomic E-state index is 12.0. The van der Waals surface area contributed by atoms with Crippen LogP contribution in [-0.4, -0.2) is 38.0 Å². The number of rotatable bonds is 6. The van der Waals surface area contributed by atoms with Crippen LogP contribution in [-0.2, 0) is 14.3 Å². The zero-order chi connectivity index (χ0) is 16.7. The maximum Gasteiger partial charge on any atom is 0.330 e. The van der Waals surface area contributed by atoms with Crippen molar-refractivity contribution in [2.75, 3.05) is 25.1 Å². The van der Waals surface area contributed by atoms with Crippen molar-refractivity contribution in [2.24, 2.45) is 0 Å². The van der Waals surface area contributed by atoms with E-state index in [0.717, 1.165) is 18.7 Å². The Morgan fingerprint density at radius 1 is 1.30 bits per heavy atom. The van der Waals surface area contributed by atoms with Crippen LogP contribution in [0.25, 0.3) is 0 Å². The highest BCUT2D eigenvalue weighted by Crippen LogP contribution is 2.21. The molecule has 0 unspecified atom stereocenters. The van der Waals surface area contributed by atoms with E-state index in [1.807, 2.05) is 0 Å². The first kappa shape index (κ1) is 16.7. The van der Waals surface area contributed by atoms with Crippen LogP contribution >= 0.6 is 0 Å². The number of ether oxygens (including phenoxy) is 1. The Labute approximate surface area is 135 Å². The summed E-state index contributed by atoms with van der Waals surface area (Å²) in [5.74, 6) is -0.473. The zero-order valence-electron chi connectivity index (χ0n) is 13.1. The second-order valence-electron chi connectivity index (χ2n) is 5.17. The van der Waals surface area contributed by atoms with Crippen LogP contribution in [0.3, 0.4) is 0 Å². The molecule has 6 nitrogen and oxygen atoms in total. The van der Waals surface area contributed by atoms with Gasteiger partial charge in [0.15, 0.2) is 0 Å². The predicted octanol–water partition coefficient (Wildman–Crippen LogP) is 1.66. The number of carbonyl (C=O) groups is 3. The molecule has 0 radical (unpaired) electrons. The van der Waals surface area contributed by atoms with E-state index in [1.165, 1.54) is 13.2 Å². The van der Waals surface area contributed by atoms with Gasteiger partial charge in [0, 0.05) is 36.8 Å². The van der Waals surface area contributed by atoms with Gasteiger partial charge in [0.05, 0.1) is 7.11 Å². The molecule has 6 heteroatoms. The number of benzene rings is 1. The Kier molecular flexibility index (Phi) is 5.91. The molecule has 1 aliphatic rings. The molecular formula is C17H20N2O4. The molecule has 1 aromatic rings. The van der Waals surface area contributed by atoms with Crippen molar-refractivity contribution < 1.29 is 19.1 Å². The van der Waals surface area contributed by atoms with E-state index >= 15 is 0 Å². The van der Waals surface area contributed by atoms with Crippen molar-refractivity contribution >= 4 is 23.5 Å². The SMILES string of the molecule is COC(=O)/C=C/CCNC(=O)c1ccc(N2CCCC2=O)cc1. The Balaban J connectivity index is 1.82. The Morgan fingerprint density at radius 2 is 2.04 bits per heavy atom. The fourth-order valence-electron chi connectivity index (χ4n) is 2.33. The second kappa shape index (κ2) is 8.12. The van der Waals surface area contributed by atoms with E-state index in [-0.39, 0.29) is 11.8 Å². The highest BCUT2D eigenvalue weighted by Gasteiger charge is 2.21. The number of carbonyl (C=O) groups excluding carboxylic acids is 3. The van der Waals surface area contributed by atoms with Crippen molar-refractivity contribution in [3.05, 3.63) is 42.0 Å². The molecule has 1 saturated heterocycles. The zero-order valence-corrected chi connectivity index (χ0v) is 13.1. The first-order valence-electron chi connectivity index (χ1n) is 7.55. The fraction of sp³-hybridized carbons (Fsp3) is 0.353. The number of nitrogens with zero attached hydrogens (tertiary/aromatic N) is 1. The van der Waals surface area contributed by atoms with Gasteiger partial charge in [-0.15, -0.1) is 0 Å². The average Bonchev–Trinajstić information content (AvgIpc) is 3.00. The van der Waals surface area contributed by atoms with E-state index in [2.05, 4.69) is 10.1 Å². The summed E-state index contributed by atoms with van der Waals surface area (Å²) in [6.45, 7) is 1.16. The van der Waals surface area contributed by atoms with Crippen LogP contribution in [0.15, 0.2) is 36.4 Å². The lowest BCUT2D eigenvalue weighted by Gasteiger charge is -2.15. The lowest BCUT2D eigenvalue weighted by atomic mass is 10.2. The van der Waals surface area contributed by atoms with Crippen LogP contribution in [0, 0.1) is 0 Å². The van der Waals surface area contributed by atoms with E-state index < -0.39 is 5.97 Å². The summed E-state index contributed by atoms with van der Waals surface area (Å²) in [5, 5.41) is 2.77. The van der Waals surface area contributed by atoms with Crippen molar-refractivity contribution in [2.45, 2.75) is 19.3 Å². The minimum absolute atomic E-state index is 0.125. The van der Waals surface area contributed by atoms with E-state index in [4.69, 9.17) is 0 Å². The summed E-state index contributed by atoms with van der Waals surface area (Å²) < 4.78 is 4.47. The topological polar surface area (TPSA) is 75.7 Å². The monoisotopic (exact) mass is 316 g/mol. The predicted molar refractivity (Wildman–Crippen MR) is 86.1 cm³/mol. The van der Waals surface area contributed by atoms with Gasteiger partial charge in [-0.25, -0.2) is 4.79 Å². The molecule has 1 heterocycles. The maximum atomic E-state index is 12.0. The standard InChI is InChI=1S/C17H20N2O4/c1-23-16(21)6-2-3-11-18-17(22)13-7-9-14(10-8-13)19-12-4-5-15(19)20/h2,6-10H,3-5,11-12H2,1H3,(H,18,22)/b6-2+. The molecule has 2 amide bonds. The van der Waals surface area contributed by atoms with Gasteiger partial charge in [-0.05, 0) is 37.1 Å². The van der Waals surface area contributed by atoms with Gasteiger partial charge in [-0.1, -0.05) is 6.08 Å². The molecule has 1 aliphatic heterocycles. The van der Waals surface area contributed by atoms with E-state index in [1.54, 1.807) is 35.2 Å². The Hall–Kier alpha value is -2.63. The molecule has 1 fully saturated rings. The molecule has 1 aromatic carbocycles. The summed E-state index contributed by atoms with van der Waals surface area (Å²) in [7, 11) is 1.31. The van der Waals surface area contributed by atoms with Crippen LogP contribution in [0.5, 0.6) is 0 Å². The van der Waals surface area contributed by atoms with Gasteiger partial charge in [-0.3, -0.25) is 9.59 Å². The molecule has 0 spiro atoms. The Morgan fingerprint density at radius 3 is 2.65 bits per heavy atom. The Bertz CT molecular complexity index is 608. The molecule has 2 rings (SSSR count). The smallest absolute Gasteiger partial charge is 0.330 e. The highest BCUT2D eigenvalue weighted by molar-refractivity contribution is 5.97. The van der Waals surface area contributed by atoms with E-state index in [0.29, 0.717) is 24.9 Å². The quantitative estimate of drug-likeness (QED) is 0.492. The van der Waals surface area contributed by atoms with Gasteiger partial charge >= 0.3 is 5.97 Å². The van der Waals surface area contributed by atoms with Crippen molar-refractivity contribution in [3.63, 3.8) is 0 Å². The van der Waals surface area contributed by atoms with Crippen molar-refractivity contribution in [1.82, 2.24) is 5.32 Å². The third kappa shape index (κ3) is 4.67. The number of esters is 1. The summed E-state index contributed by atoms with van der Waals surface area (Å²) >= 11 is 0. The molecule has 1 N–H and O–H groups in total. The molecular weight excluding hydrogens is 296 g/mol. The summed E-state index contributed by atoms with van der Waals surface area (Å²) in [4.78, 5) is 36.3. The first-order chi connectivity index (χ1) is 11.1. The van der Waals surface area contributed by atoms with Crippen LogP contribution in [0.1, 0.15) is 29.6 Å². The van der Waals surface area contributed by atoms with E-state index in [9.17, 15) is 14.4 Å². The minimum Gasteiger partial charge on any atom is -0.466 e. The normalized spacial score (nSPS) is 14.3. The molecule has 0 bridgehead atoms. The number of hydrogen-bond donors (Lipinski definition) is 1. The number of nitrogens with one attached hydrogen (secondary N) is 1. The lowest BCUT2D eigenvalue weighted by Crippen LogP contribution is -2.25. The highest BCUT2D eigenvalue weighted by atomic mass is 16.5. The van der Waals surface area contributed by atoms with Gasteiger partial charge in [0.2, 0.25) is 5.91 Å². The average molecular weight is 316 g/mol. The van der Waals surface area contributed by atoms with Gasteiger partial charge in [0.25, 0.3) is 5.91 Å². The molecule has 0 atom stereocenters. The number of hydrogen-bond acceptors (Lipinski definition) is 4. The molecule has 122 valence electrons. The first-order valence-corrected chi connectivity index (χ1v) is 7.55. The van der Waals surface area contributed by atoms with Gasteiger partial charge < -0.3 is 15.0 Å². The number of amides is 2. The van der Waals surface area contributed by atoms with Crippen molar-refractivity contribution in [3.8, 4) is 0 Å². The number of methoxy groups -OCH3 is 1. The molecule has 0 aliphatic carbocycles. The molecule has 0 aromatic heterocycles. The number of anilines is 1. The van der Waals surface area contributed by atoms with Crippen molar-refractivity contribution in [1.29, 1.82) is 0 Å². The van der Waals surface area contributed by atoms with Crippen LogP contribution in [0.2, 0.25) is 0 Å². The second-order valence-corrected chi connectivity index (χ2v) is 5.17. The molecule has 23 heavy (non-hydrogen) atoms. The summed E-state index contributed by atoms with van der Waals surface area (Å²) in [6, 6.07) is 6.99. The minimum atomic E-state index is -0.414.